The van der Waals surface area contributed by atoms with Gasteiger partial charge in [0.25, 0.3) is 11.8 Å². The SMILES string of the molecule is O=C(Nc1ccc2c(c1)N(Cc1ccc(F)cc1)C(=O)CO2)c1ccc(S(=O)(=O)N2CCOCC2)cc1. The number of hydrogen-bond donors (Lipinski definition) is 1. The number of halogens is 1. The molecule has 2 amide bonds. The Morgan fingerprint density at radius 2 is 1.68 bits per heavy atom. The lowest BCUT2D eigenvalue weighted by Crippen LogP contribution is -2.40. The number of anilines is 2. The monoisotopic (exact) mass is 525 g/mol. The quantitative estimate of drug-likeness (QED) is 0.531. The van der Waals surface area contributed by atoms with E-state index in [2.05, 4.69) is 5.32 Å². The number of ether oxygens (including phenoxy) is 2. The minimum Gasteiger partial charge on any atom is -0.482 e. The Bertz CT molecular complexity index is 1420. The van der Waals surface area contributed by atoms with Crippen LogP contribution >= 0.6 is 0 Å². The molecule has 1 N–H and O–H groups in total. The van der Waals surface area contributed by atoms with Crippen molar-refractivity contribution in [3.05, 3.63) is 83.7 Å². The molecule has 0 bridgehead atoms. The Kier molecular flexibility index (Phi) is 6.92. The number of carbonyl (C=O) groups excluding carboxylic acids is 2. The lowest BCUT2D eigenvalue weighted by atomic mass is 10.1. The molecule has 0 atom stereocenters. The van der Waals surface area contributed by atoms with Crippen LogP contribution in [0.1, 0.15) is 15.9 Å². The van der Waals surface area contributed by atoms with Gasteiger partial charge >= 0.3 is 0 Å². The third-order valence-corrected chi connectivity index (χ3v) is 8.05. The van der Waals surface area contributed by atoms with Crippen molar-refractivity contribution in [3.63, 3.8) is 0 Å². The maximum atomic E-state index is 13.3. The van der Waals surface area contributed by atoms with E-state index in [4.69, 9.17) is 9.47 Å². The largest absolute Gasteiger partial charge is 0.482 e. The van der Waals surface area contributed by atoms with Crippen molar-refractivity contribution in [2.24, 2.45) is 0 Å². The Hall–Kier alpha value is -3.80. The van der Waals surface area contributed by atoms with Crippen LogP contribution in [-0.2, 0) is 26.1 Å². The molecule has 0 aromatic heterocycles. The van der Waals surface area contributed by atoms with Gasteiger partial charge in [0.05, 0.1) is 30.3 Å². The van der Waals surface area contributed by atoms with Gasteiger partial charge in [0.15, 0.2) is 6.61 Å². The first kappa shape index (κ1) is 24.9. The maximum absolute atomic E-state index is 13.3. The van der Waals surface area contributed by atoms with E-state index in [1.54, 1.807) is 30.3 Å². The molecule has 0 spiro atoms. The Morgan fingerprint density at radius 3 is 2.38 bits per heavy atom. The second-order valence-electron chi connectivity index (χ2n) is 8.57. The minimum absolute atomic E-state index is 0.104. The fourth-order valence-corrected chi connectivity index (χ4v) is 5.55. The number of hydrogen-bond acceptors (Lipinski definition) is 6. The van der Waals surface area contributed by atoms with Crippen LogP contribution in [0.5, 0.6) is 5.75 Å². The van der Waals surface area contributed by atoms with Crippen molar-refractivity contribution in [3.8, 4) is 5.75 Å². The fraction of sp³-hybridized carbons (Fsp3) is 0.231. The van der Waals surface area contributed by atoms with E-state index >= 15 is 0 Å². The number of nitrogens with zero attached hydrogens (tertiary/aromatic N) is 2. The second kappa shape index (κ2) is 10.3. The van der Waals surface area contributed by atoms with Gasteiger partial charge < -0.3 is 19.7 Å². The van der Waals surface area contributed by atoms with Gasteiger partial charge in [0, 0.05) is 24.3 Å². The van der Waals surface area contributed by atoms with E-state index in [-0.39, 0.29) is 48.4 Å². The lowest BCUT2D eigenvalue weighted by molar-refractivity contribution is -0.121. The zero-order valence-electron chi connectivity index (χ0n) is 19.7. The third kappa shape index (κ3) is 5.33. The average Bonchev–Trinajstić information content (AvgIpc) is 2.92. The summed E-state index contributed by atoms with van der Waals surface area (Å²) in [4.78, 5) is 27.1. The van der Waals surface area contributed by atoms with Crippen LogP contribution in [0.3, 0.4) is 0 Å². The molecule has 192 valence electrons. The van der Waals surface area contributed by atoms with Gasteiger partial charge in [-0.25, -0.2) is 12.8 Å². The molecule has 0 unspecified atom stereocenters. The van der Waals surface area contributed by atoms with E-state index in [0.29, 0.717) is 30.3 Å². The number of fused-ring (bicyclic) bond motifs is 1. The number of carbonyl (C=O) groups is 2. The van der Waals surface area contributed by atoms with Crippen molar-refractivity contribution in [2.45, 2.75) is 11.4 Å². The molecule has 37 heavy (non-hydrogen) atoms. The number of amides is 2. The molecule has 5 rings (SSSR count). The van der Waals surface area contributed by atoms with Crippen LogP contribution in [0.4, 0.5) is 15.8 Å². The highest BCUT2D eigenvalue weighted by molar-refractivity contribution is 7.89. The molecular formula is C26H24FN3O6S. The Labute approximate surface area is 213 Å². The predicted octanol–water partition coefficient (Wildman–Crippen LogP) is 3.02. The van der Waals surface area contributed by atoms with Crippen molar-refractivity contribution >= 4 is 33.2 Å². The van der Waals surface area contributed by atoms with Gasteiger partial charge in [-0.3, -0.25) is 9.59 Å². The van der Waals surface area contributed by atoms with Crippen LogP contribution in [0, 0.1) is 5.82 Å². The van der Waals surface area contributed by atoms with Crippen molar-refractivity contribution in [2.75, 3.05) is 43.1 Å². The molecular weight excluding hydrogens is 501 g/mol. The molecule has 11 heteroatoms. The third-order valence-electron chi connectivity index (χ3n) is 6.14. The maximum Gasteiger partial charge on any atom is 0.265 e. The van der Waals surface area contributed by atoms with Gasteiger partial charge in [0.1, 0.15) is 11.6 Å². The topological polar surface area (TPSA) is 105 Å². The molecule has 2 aliphatic rings. The molecule has 0 saturated carbocycles. The van der Waals surface area contributed by atoms with E-state index in [0.717, 1.165) is 5.56 Å². The summed E-state index contributed by atoms with van der Waals surface area (Å²) in [6, 6.07) is 16.5. The van der Waals surface area contributed by atoms with E-state index < -0.39 is 15.9 Å². The van der Waals surface area contributed by atoms with Gasteiger partial charge in [-0.15, -0.1) is 0 Å². The highest BCUT2D eigenvalue weighted by Gasteiger charge is 2.28. The number of rotatable bonds is 6. The van der Waals surface area contributed by atoms with Gasteiger partial charge in [0.2, 0.25) is 10.0 Å². The molecule has 3 aromatic rings. The highest BCUT2D eigenvalue weighted by atomic mass is 32.2. The van der Waals surface area contributed by atoms with Crippen LogP contribution in [-0.4, -0.2) is 57.4 Å². The Morgan fingerprint density at radius 1 is 0.973 bits per heavy atom. The molecule has 1 saturated heterocycles. The van der Waals surface area contributed by atoms with Crippen molar-refractivity contribution in [1.29, 1.82) is 0 Å². The highest BCUT2D eigenvalue weighted by Crippen LogP contribution is 2.35. The standard InChI is InChI=1S/C26H24FN3O6S/c27-20-5-1-18(2-6-20)16-30-23-15-21(7-10-24(23)36-17-25(30)31)28-26(32)19-3-8-22(9-4-19)37(33,34)29-11-13-35-14-12-29/h1-10,15H,11-14,16-17H2,(H,28,32). The predicted molar refractivity (Wildman–Crippen MR) is 133 cm³/mol. The van der Waals surface area contributed by atoms with E-state index in [1.807, 2.05) is 0 Å². The summed E-state index contributed by atoms with van der Waals surface area (Å²) < 4.78 is 51.0. The summed E-state index contributed by atoms with van der Waals surface area (Å²) in [7, 11) is -3.66. The van der Waals surface area contributed by atoms with E-state index in [9.17, 15) is 22.4 Å². The molecule has 0 radical (unpaired) electrons. The summed E-state index contributed by atoms with van der Waals surface area (Å²) in [6.07, 6.45) is 0. The fourth-order valence-electron chi connectivity index (χ4n) is 4.14. The first-order chi connectivity index (χ1) is 17.8. The smallest absolute Gasteiger partial charge is 0.265 e. The number of morpholine rings is 1. The van der Waals surface area contributed by atoms with Crippen LogP contribution in [0.25, 0.3) is 0 Å². The lowest BCUT2D eigenvalue weighted by Gasteiger charge is -2.30. The normalized spacial score (nSPS) is 16.1. The van der Waals surface area contributed by atoms with Gasteiger partial charge in [-0.05, 0) is 60.2 Å². The number of sulfonamides is 1. The van der Waals surface area contributed by atoms with Gasteiger partial charge in [-0.1, -0.05) is 12.1 Å². The summed E-state index contributed by atoms with van der Waals surface area (Å²) in [5, 5.41) is 2.78. The zero-order chi connectivity index (χ0) is 26.0. The van der Waals surface area contributed by atoms with Crippen LogP contribution in [0.2, 0.25) is 0 Å². The van der Waals surface area contributed by atoms with Crippen molar-refractivity contribution in [1.82, 2.24) is 4.31 Å². The average molecular weight is 526 g/mol. The van der Waals surface area contributed by atoms with Crippen molar-refractivity contribution < 1.29 is 31.9 Å². The molecule has 2 heterocycles. The summed E-state index contributed by atoms with van der Waals surface area (Å²) >= 11 is 0. The molecule has 3 aromatic carbocycles. The number of benzene rings is 3. The summed E-state index contributed by atoms with van der Waals surface area (Å²) in [5.74, 6) is -0.590. The first-order valence-corrected chi connectivity index (χ1v) is 13.1. The summed E-state index contributed by atoms with van der Waals surface area (Å²) in [5.41, 5.74) is 1.92. The van der Waals surface area contributed by atoms with Gasteiger partial charge in [-0.2, -0.15) is 4.31 Å². The molecule has 0 aliphatic carbocycles. The summed E-state index contributed by atoms with van der Waals surface area (Å²) in [6.45, 7) is 1.35. The minimum atomic E-state index is -3.66. The van der Waals surface area contributed by atoms with Crippen LogP contribution < -0.4 is 15.0 Å². The molecule has 9 nitrogen and oxygen atoms in total. The van der Waals surface area contributed by atoms with Crippen LogP contribution in [0.15, 0.2) is 71.6 Å². The molecule has 2 aliphatic heterocycles. The zero-order valence-corrected chi connectivity index (χ0v) is 20.5. The van der Waals surface area contributed by atoms with E-state index in [1.165, 1.54) is 45.6 Å². The first-order valence-electron chi connectivity index (χ1n) is 11.6. The second-order valence-corrected chi connectivity index (χ2v) is 10.5. The Balaban J connectivity index is 1.32. The molecule has 1 fully saturated rings. The number of nitrogens with one attached hydrogen (secondary N) is 1.